The molecule has 2 aromatic heterocycles. The number of H-pyrrole nitrogens is 1. The van der Waals surface area contributed by atoms with Crippen LogP contribution in [0.3, 0.4) is 0 Å². The van der Waals surface area contributed by atoms with Crippen LogP contribution in [0.1, 0.15) is 22.4 Å². The quantitative estimate of drug-likeness (QED) is 0.739. The highest BCUT2D eigenvalue weighted by Gasteiger charge is 2.25. The van der Waals surface area contributed by atoms with E-state index in [0.29, 0.717) is 41.5 Å². The molecule has 0 radical (unpaired) electrons. The SMILES string of the molecule is Cc1cccc(OCC(=O)N2CCc3c(nc(-c4ccccn4)[nH]c3=O)C2)c1C. The first-order valence-corrected chi connectivity index (χ1v) is 9.53. The van der Waals surface area contributed by atoms with Gasteiger partial charge in [0.2, 0.25) is 0 Å². The van der Waals surface area contributed by atoms with Gasteiger partial charge < -0.3 is 14.6 Å². The van der Waals surface area contributed by atoms with Gasteiger partial charge in [0.1, 0.15) is 11.4 Å². The second-order valence-corrected chi connectivity index (χ2v) is 7.11. The Labute approximate surface area is 168 Å². The smallest absolute Gasteiger partial charge is 0.260 e. The Morgan fingerprint density at radius 2 is 2.07 bits per heavy atom. The summed E-state index contributed by atoms with van der Waals surface area (Å²) in [5.74, 6) is 0.996. The van der Waals surface area contributed by atoms with Crippen molar-refractivity contribution in [1.29, 1.82) is 0 Å². The van der Waals surface area contributed by atoms with Crippen LogP contribution < -0.4 is 10.3 Å². The van der Waals surface area contributed by atoms with E-state index in [1.165, 1.54) is 0 Å². The molecule has 0 unspecified atom stereocenters. The molecule has 1 N–H and O–H groups in total. The molecule has 7 nitrogen and oxygen atoms in total. The number of aromatic nitrogens is 3. The van der Waals surface area contributed by atoms with Gasteiger partial charge in [-0.25, -0.2) is 4.98 Å². The molecule has 148 valence electrons. The second kappa shape index (κ2) is 7.87. The van der Waals surface area contributed by atoms with E-state index in [1.807, 2.05) is 38.1 Å². The molecule has 0 saturated carbocycles. The summed E-state index contributed by atoms with van der Waals surface area (Å²) in [4.78, 5) is 38.4. The van der Waals surface area contributed by atoms with Gasteiger partial charge in [-0.2, -0.15) is 0 Å². The average molecular weight is 390 g/mol. The maximum atomic E-state index is 12.7. The summed E-state index contributed by atoms with van der Waals surface area (Å²) in [5, 5.41) is 0. The molecule has 3 heterocycles. The fraction of sp³-hybridized carbons (Fsp3) is 0.273. The molecular weight excluding hydrogens is 368 g/mol. The zero-order chi connectivity index (χ0) is 20.4. The van der Waals surface area contributed by atoms with Crippen LogP contribution in [-0.4, -0.2) is 38.9 Å². The topological polar surface area (TPSA) is 88.2 Å². The Bertz CT molecular complexity index is 1110. The number of hydrogen-bond donors (Lipinski definition) is 1. The van der Waals surface area contributed by atoms with E-state index in [9.17, 15) is 9.59 Å². The number of amides is 1. The molecule has 1 aliphatic heterocycles. The van der Waals surface area contributed by atoms with E-state index < -0.39 is 0 Å². The minimum atomic E-state index is -0.172. The molecule has 0 bridgehead atoms. The van der Waals surface area contributed by atoms with Crippen LogP contribution >= 0.6 is 0 Å². The van der Waals surface area contributed by atoms with Gasteiger partial charge in [-0.15, -0.1) is 0 Å². The molecule has 0 spiro atoms. The summed E-state index contributed by atoms with van der Waals surface area (Å²) in [6, 6.07) is 11.2. The van der Waals surface area contributed by atoms with E-state index in [4.69, 9.17) is 4.74 Å². The fourth-order valence-corrected chi connectivity index (χ4v) is 3.39. The van der Waals surface area contributed by atoms with Crippen molar-refractivity contribution in [3.63, 3.8) is 0 Å². The number of benzene rings is 1. The Morgan fingerprint density at radius 3 is 2.86 bits per heavy atom. The third-order valence-electron chi connectivity index (χ3n) is 5.24. The minimum absolute atomic E-state index is 0.0457. The Morgan fingerprint density at radius 1 is 1.21 bits per heavy atom. The highest BCUT2D eigenvalue weighted by Crippen LogP contribution is 2.21. The summed E-state index contributed by atoms with van der Waals surface area (Å²) < 4.78 is 5.75. The fourth-order valence-electron chi connectivity index (χ4n) is 3.39. The first-order valence-electron chi connectivity index (χ1n) is 9.53. The molecule has 1 aromatic carbocycles. The number of aromatic amines is 1. The van der Waals surface area contributed by atoms with E-state index in [2.05, 4.69) is 15.0 Å². The third-order valence-corrected chi connectivity index (χ3v) is 5.24. The van der Waals surface area contributed by atoms with E-state index in [1.54, 1.807) is 23.2 Å². The van der Waals surface area contributed by atoms with Crippen molar-refractivity contribution in [3.05, 3.63) is 75.3 Å². The van der Waals surface area contributed by atoms with E-state index >= 15 is 0 Å². The first kappa shape index (κ1) is 18.9. The molecule has 3 aromatic rings. The zero-order valence-corrected chi connectivity index (χ0v) is 16.4. The Hall–Kier alpha value is -3.48. The van der Waals surface area contributed by atoms with Crippen molar-refractivity contribution >= 4 is 5.91 Å². The summed E-state index contributed by atoms with van der Waals surface area (Å²) in [7, 11) is 0. The highest BCUT2D eigenvalue weighted by atomic mass is 16.5. The third kappa shape index (κ3) is 3.89. The maximum Gasteiger partial charge on any atom is 0.260 e. The maximum absolute atomic E-state index is 12.7. The van der Waals surface area contributed by atoms with Crippen LogP contribution in [-0.2, 0) is 17.8 Å². The van der Waals surface area contributed by atoms with Gasteiger partial charge in [-0.3, -0.25) is 14.6 Å². The number of carbonyl (C=O) groups is 1. The largest absolute Gasteiger partial charge is 0.483 e. The van der Waals surface area contributed by atoms with Crippen molar-refractivity contribution in [2.24, 2.45) is 0 Å². The number of carbonyl (C=O) groups excluding carboxylic acids is 1. The van der Waals surface area contributed by atoms with Crippen molar-refractivity contribution in [2.45, 2.75) is 26.8 Å². The van der Waals surface area contributed by atoms with Crippen LogP contribution in [0.25, 0.3) is 11.5 Å². The lowest BCUT2D eigenvalue weighted by atomic mass is 10.1. The number of rotatable bonds is 4. The van der Waals surface area contributed by atoms with Gasteiger partial charge in [-0.05, 0) is 49.6 Å². The first-order chi connectivity index (χ1) is 14.0. The second-order valence-electron chi connectivity index (χ2n) is 7.11. The normalized spacial score (nSPS) is 13.1. The van der Waals surface area contributed by atoms with Crippen LogP contribution in [0.5, 0.6) is 5.75 Å². The average Bonchev–Trinajstić information content (AvgIpc) is 2.74. The number of ether oxygens (including phenoxy) is 1. The van der Waals surface area contributed by atoms with Crippen molar-refractivity contribution in [2.75, 3.05) is 13.2 Å². The molecule has 29 heavy (non-hydrogen) atoms. The number of fused-ring (bicyclic) bond motifs is 1. The minimum Gasteiger partial charge on any atom is -0.483 e. The number of hydrogen-bond acceptors (Lipinski definition) is 5. The molecule has 1 aliphatic rings. The summed E-state index contributed by atoms with van der Waals surface area (Å²) in [6.45, 7) is 4.69. The van der Waals surface area contributed by atoms with E-state index in [-0.39, 0.29) is 24.6 Å². The van der Waals surface area contributed by atoms with Crippen molar-refractivity contribution in [3.8, 4) is 17.3 Å². The number of nitrogens with one attached hydrogen (secondary N) is 1. The van der Waals surface area contributed by atoms with Crippen molar-refractivity contribution < 1.29 is 9.53 Å². The van der Waals surface area contributed by atoms with Crippen LogP contribution in [0.15, 0.2) is 47.4 Å². The van der Waals surface area contributed by atoms with Crippen LogP contribution in [0.4, 0.5) is 0 Å². The highest BCUT2D eigenvalue weighted by molar-refractivity contribution is 5.78. The molecule has 0 fully saturated rings. The summed E-state index contributed by atoms with van der Waals surface area (Å²) in [5.41, 5.74) is 3.80. The van der Waals surface area contributed by atoms with Gasteiger partial charge in [0, 0.05) is 18.3 Å². The van der Waals surface area contributed by atoms with Gasteiger partial charge in [0.25, 0.3) is 11.5 Å². The van der Waals surface area contributed by atoms with Crippen LogP contribution in [0.2, 0.25) is 0 Å². The Balaban J connectivity index is 1.50. The zero-order valence-electron chi connectivity index (χ0n) is 16.4. The van der Waals surface area contributed by atoms with Gasteiger partial charge in [0.15, 0.2) is 12.4 Å². The molecule has 1 amide bonds. The lowest BCUT2D eigenvalue weighted by Crippen LogP contribution is -2.41. The summed E-state index contributed by atoms with van der Waals surface area (Å²) in [6.07, 6.45) is 2.12. The monoisotopic (exact) mass is 390 g/mol. The molecule has 4 rings (SSSR count). The number of pyridine rings is 1. The molecule has 0 saturated heterocycles. The predicted octanol–water partition coefficient (Wildman–Crippen LogP) is 2.41. The Kier molecular flexibility index (Phi) is 5.12. The number of nitrogens with zero attached hydrogens (tertiary/aromatic N) is 3. The molecule has 0 aliphatic carbocycles. The lowest BCUT2D eigenvalue weighted by Gasteiger charge is -2.28. The lowest BCUT2D eigenvalue weighted by molar-refractivity contribution is -0.134. The van der Waals surface area contributed by atoms with Crippen LogP contribution in [0, 0.1) is 13.8 Å². The predicted molar refractivity (Wildman–Crippen MR) is 109 cm³/mol. The van der Waals surface area contributed by atoms with E-state index in [0.717, 1.165) is 11.1 Å². The summed E-state index contributed by atoms with van der Waals surface area (Å²) >= 11 is 0. The number of aryl methyl sites for hydroxylation is 1. The van der Waals surface area contributed by atoms with Gasteiger partial charge in [-0.1, -0.05) is 18.2 Å². The van der Waals surface area contributed by atoms with Gasteiger partial charge in [0.05, 0.1) is 12.2 Å². The molecule has 7 heteroatoms. The standard InChI is InChI=1S/C22H22N4O3/c1-14-6-5-8-19(15(14)2)29-13-20(27)26-11-9-16-18(12-26)24-21(25-22(16)28)17-7-3-4-10-23-17/h3-8,10H,9,11-13H2,1-2H3,(H,24,25,28). The molecule has 0 atom stereocenters. The van der Waals surface area contributed by atoms with Gasteiger partial charge >= 0.3 is 0 Å². The van der Waals surface area contributed by atoms with Crippen molar-refractivity contribution in [1.82, 2.24) is 19.9 Å². The molecular formula is C22H22N4O3.